The molecule has 0 saturated carbocycles. The van der Waals surface area contributed by atoms with E-state index >= 15 is 0 Å². The number of hydrogen-bond donors (Lipinski definition) is 1. The zero-order chi connectivity index (χ0) is 15.1. The lowest BCUT2D eigenvalue weighted by Gasteiger charge is -2.08. The molecule has 0 aliphatic carbocycles. The number of hydrogen-bond acceptors (Lipinski definition) is 3. The quantitative estimate of drug-likeness (QED) is 0.879. The molecular weight excluding hydrogens is 267 g/mol. The van der Waals surface area contributed by atoms with E-state index in [9.17, 15) is 4.39 Å². The summed E-state index contributed by atoms with van der Waals surface area (Å²) < 4.78 is 19.3. The second-order valence-corrected chi connectivity index (χ2v) is 4.21. The number of rotatable bonds is 3. The largest absolute Gasteiger partial charge is 0.489 e. The van der Waals surface area contributed by atoms with Crippen LogP contribution in [0, 0.1) is 29.0 Å². The van der Waals surface area contributed by atoms with E-state index in [1.807, 2.05) is 6.07 Å². The smallest absolute Gasteiger partial charge is 0.142 e. The average molecular weight is 280 g/mol. The number of nitrogens with zero attached hydrogens (tertiary/aromatic N) is 1. The number of nitriles is 1. The number of ether oxygens (including phenoxy) is 1. The van der Waals surface area contributed by atoms with Gasteiger partial charge >= 0.3 is 0 Å². The van der Waals surface area contributed by atoms with Crippen molar-refractivity contribution in [3.05, 3.63) is 65.0 Å². The Morgan fingerprint density at radius 3 is 2.67 bits per heavy atom. The van der Waals surface area contributed by atoms with Gasteiger partial charge in [0.15, 0.2) is 0 Å². The van der Waals surface area contributed by atoms with Crippen LogP contribution in [0.25, 0.3) is 0 Å². The first-order chi connectivity index (χ1) is 10.2. The summed E-state index contributed by atoms with van der Waals surface area (Å²) in [5.74, 6) is 5.17. The molecule has 0 aliphatic heterocycles. The van der Waals surface area contributed by atoms with Gasteiger partial charge in [0, 0.05) is 11.6 Å². The third-order valence-corrected chi connectivity index (χ3v) is 2.80. The Bertz CT molecular complexity index is 738. The average Bonchev–Trinajstić information content (AvgIpc) is 2.52. The minimum atomic E-state index is -0.456. The topological polar surface area (TPSA) is 59.0 Å². The van der Waals surface area contributed by atoms with Gasteiger partial charge in [-0.2, -0.15) is 5.26 Å². The Morgan fingerprint density at radius 1 is 1.14 bits per heavy atom. The predicted molar refractivity (Wildman–Crippen MR) is 77.8 cm³/mol. The first kappa shape index (κ1) is 14.6. The highest BCUT2D eigenvalue weighted by Crippen LogP contribution is 2.18. The van der Waals surface area contributed by atoms with E-state index in [2.05, 4.69) is 17.9 Å². The Kier molecular flexibility index (Phi) is 4.93. The fourth-order valence-corrected chi connectivity index (χ4v) is 1.75. The van der Waals surface area contributed by atoms with Gasteiger partial charge in [-0.1, -0.05) is 30.0 Å². The van der Waals surface area contributed by atoms with E-state index in [0.717, 1.165) is 5.56 Å². The molecule has 0 bridgehead atoms. The molecular formula is C17H13FN2O. The third kappa shape index (κ3) is 3.82. The number of benzene rings is 2. The van der Waals surface area contributed by atoms with Gasteiger partial charge in [0.05, 0.1) is 23.7 Å². The minimum absolute atomic E-state index is 0.183. The molecule has 2 aromatic carbocycles. The summed E-state index contributed by atoms with van der Waals surface area (Å²) in [6.07, 6.45) is 0. The van der Waals surface area contributed by atoms with E-state index in [-0.39, 0.29) is 18.7 Å². The van der Waals surface area contributed by atoms with Crippen LogP contribution in [-0.4, -0.2) is 6.54 Å². The van der Waals surface area contributed by atoms with E-state index in [4.69, 9.17) is 15.7 Å². The van der Waals surface area contributed by atoms with Gasteiger partial charge in [-0.3, -0.25) is 0 Å². The van der Waals surface area contributed by atoms with Gasteiger partial charge in [-0.15, -0.1) is 0 Å². The summed E-state index contributed by atoms with van der Waals surface area (Å²) in [7, 11) is 0. The Morgan fingerprint density at radius 2 is 1.95 bits per heavy atom. The van der Waals surface area contributed by atoms with Crippen LogP contribution in [0.5, 0.6) is 5.75 Å². The van der Waals surface area contributed by atoms with E-state index < -0.39 is 5.82 Å². The van der Waals surface area contributed by atoms with Crippen molar-refractivity contribution in [1.29, 1.82) is 5.26 Å². The summed E-state index contributed by atoms with van der Waals surface area (Å²) in [6.45, 7) is 0.389. The lowest BCUT2D eigenvalue weighted by atomic mass is 10.1. The molecule has 3 nitrogen and oxygen atoms in total. The molecule has 0 amide bonds. The van der Waals surface area contributed by atoms with Crippen molar-refractivity contribution < 1.29 is 9.13 Å². The maximum absolute atomic E-state index is 13.8. The molecule has 0 saturated heterocycles. The van der Waals surface area contributed by atoms with Crippen molar-refractivity contribution in [3.63, 3.8) is 0 Å². The van der Waals surface area contributed by atoms with Crippen LogP contribution in [0.2, 0.25) is 0 Å². The van der Waals surface area contributed by atoms with Gasteiger partial charge in [0.25, 0.3) is 0 Å². The zero-order valence-electron chi connectivity index (χ0n) is 11.3. The number of halogens is 1. The molecule has 0 radical (unpaired) electrons. The molecule has 21 heavy (non-hydrogen) atoms. The van der Waals surface area contributed by atoms with Crippen LogP contribution in [0.3, 0.4) is 0 Å². The Hall–Kier alpha value is -2.82. The molecule has 2 rings (SSSR count). The van der Waals surface area contributed by atoms with Crippen molar-refractivity contribution >= 4 is 0 Å². The molecule has 0 unspecified atom stereocenters. The summed E-state index contributed by atoms with van der Waals surface area (Å²) >= 11 is 0. The molecule has 0 aliphatic rings. The lowest BCUT2D eigenvalue weighted by molar-refractivity contribution is 0.304. The van der Waals surface area contributed by atoms with Crippen LogP contribution in [-0.2, 0) is 6.61 Å². The maximum Gasteiger partial charge on any atom is 0.142 e. The monoisotopic (exact) mass is 280 g/mol. The van der Waals surface area contributed by atoms with Crippen molar-refractivity contribution in [2.45, 2.75) is 6.61 Å². The summed E-state index contributed by atoms with van der Waals surface area (Å²) in [6, 6.07) is 13.7. The SMILES string of the molecule is N#Cc1ccccc1COc1ccc(C#CCN)c(F)c1. The van der Waals surface area contributed by atoms with Gasteiger partial charge < -0.3 is 10.5 Å². The second-order valence-electron chi connectivity index (χ2n) is 4.21. The zero-order valence-corrected chi connectivity index (χ0v) is 11.3. The van der Waals surface area contributed by atoms with E-state index in [0.29, 0.717) is 11.3 Å². The molecule has 4 heteroatoms. The maximum atomic E-state index is 13.8. The lowest BCUT2D eigenvalue weighted by Crippen LogP contribution is -1.99. The molecule has 0 fully saturated rings. The van der Waals surface area contributed by atoms with Gasteiger partial charge in [-0.25, -0.2) is 4.39 Å². The van der Waals surface area contributed by atoms with Gasteiger partial charge in [0.1, 0.15) is 18.2 Å². The van der Waals surface area contributed by atoms with Gasteiger partial charge in [0.2, 0.25) is 0 Å². The highest BCUT2D eigenvalue weighted by atomic mass is 19.1. The van der Waals surface area contributed by atoms with Crippen molar-refractivity contribution in [3.8, 4) is 23.7 Å². The molecule has 0 atom stereocenters. The molecule has 2 N–H and O–H groups in total. The van der Waals surface area contributed by atoms with Crippen LogP contribution >= 0.6 is 0 Å². The van der Waals surface area contributed by atoms with Crippen molar-refractivity contribution in [2.24, 2.45) is 5.73 Å². The standard InChI is InChI=1S/C17H13FN2O/c18-17-10-16(8-7-13(17)6-3-9-19)21-12-15-5-2-1-4-14(15)11-20/h1-2,4-5,7-8,10H,9,12,19H2. The fraction of sp³-hybridized carbons (Fsp3) is 0.118. The van der Waals surface area contributed by atoms with Crippen LogP contribution in [0.1, 0.15) is 16.7 Å². The Balaban J connectivity index is 2.11. The van der Waals surface area contributed by atoms with Crippen molar-refractivity contribution in [1.82, 2.24) is 0 Å². The first-order valence-electron chi connectivity index (χ1n) is 6.34. The summed E-state index contributed by atoms with van der Waals surface area (Å²) in [5.41, 5.74) is 6.83. The summed E-state index contributed by atoms with van der Waals surface area (Å²) in [4.78, 5) is 0. The van der Waals surface area contributed by atoms with Crippen LogP contribution < -0.4 is 10.5 Å². The third-order valence-electron chi connectivity index (χ3n) is 2.80. The van der Waals surface area contributed by atoms with E-state index in [1.54, 1.807) is 30.3 Å². The molecule has 0 aromatic heterocycles. The molecule has 104 valence electrons. The molecule has 0 spiro atoms. The normalized spacial score (nSPS) is 9.38. The predicted octanol–water partition coefficient (Wildman–Crippen LogP) is 2.59. The second kappa shape index (κ2) is 7.09. The highest BCUT2D eigenvalue weighted by Gasteiger charge is 2.05. The first-order valence-corrected chi connectivity index (χ1v) is 6.34. The Labute approximate surface area is 122 Å². The molecule has 2 aromatic rings. The van der Waals surface area contributed by atoms with Crippen molar-refractivity contribution in [2.75, 3.05) is 6.54 Å². The highest BCUT2D eigenvalue weighted by molar-refractivity contribution is 5.40. The van der Waals surface area contributed by atoms with Gasteiger partial charge in [-0.05, 0) is 18.2 Å². The van der Waals surface area contributed by atoms with Crippen LogP contribution in [0.15, 0.2) is 42.5 Å². The minimum Gasteiger partial charge on any atom is -0.489 e. The number of nitrogens with two attached hydrogens (primary N) is 1. The van der Waals surface area contributed by atoms with Crippen LogP contribution in [0.4, 0.5) is 4.39 Å². The van der Waals surface area contributed by atoms with E-state index in [1.165, 1.54) is 6.07 Å². The fourth-order valence-electron chi connectivity index (χ4n) is 1.75. The molecule has 0 heterocycles. The summed E-state index contributed by atoms with van der Waals surface area (Å²) in [5, 5.41) is 8.99.